The van der Waals surface area contributed by atoms with Crippen molar-refractivity contribution in [3.05, 3.63) is 66.7 Å². The van der Waals surface area contributed by atoms with Crippen molar-refractivity contribution in [1.82, 2.24) is 4.72 Å². The minimum Gasteiger partial charge on any atom is -0.326 e. The van der Waals surface area contributed by atoms with Crippen molar-refractivity contribution in [1.29, 1.82) is 0 Å². The third kappa shape index (κ3) is 5.27. The molecule has 3 N–H and O–H groups in total. The number of carbonyl (C=O) groups excluding carboxylic acids is 2. The largest absolute Gasteiger partial charge is 0.326 e. The van der Waals surface area contributed by atoms with Crippen molar-refractivity contribution in [2.24, 2.45) is 0 Å². The van der Waals surface area contributed by atoms with Gasteiger partial charge >= 0.3 is 0 Å². The molecule has 0 unspecified atom stereocenters. The zero-order chi connectivity index (χ0) is 19.2. The predicted molar refractivity (Wildman–Crippen MR) is 101 cm³/mol. The molecule has 0 saturated heterocycles. The van der Waals surface area contributed by atoms with Crippen LogP contribution in [0.2, 0.25) is 0 Å². The summed E-state index contributed by atoms with van der Waals surface area (Å²) in [6.07, 6.45) is 1.43. The second-order valence-corrected chi connectivity index (χ2v) is 7.15. The van der Waals surface area contributed by atoms with Crippen LogP contribution in [-0.4, -0.2) is 26.8 Å². The van der Waals surface area contributed by atoms with Gasteiger partial charge in [0, 0.05) is 30.4 Å². The van der Waals surface area contributed by atoms with Crippen LogP contribution in [0, 0.1) is 0 Å². The van der Waals surface area contributed by atoms with E-state index < -0.39 is 15.9 Å². The van der Waals surface area contributed by atoms with Crippen molar-refractivity contribution in [2.45, 2.75) is 11.8 Å². The van der Waals surface area contributed by atoms with Crippen LogP contribution in [0.15, 0.2) is 66.1 Å². The lowest BCUT2D eigenvalue weighted by Gasteiger charge is -2.09. The first-order valence-electron chi connectivity index (χ1n) is 7.71. The molecule has 2 aromatic rings. The number of benzene rings is 2. The topological polar surface area (TPSA) is 104 Å². The predicted octanol–water partition coefficient (Wildman–Crippen LogP) is 2.36. The Morgan fingerprint density at radius 2 is 1.69 bits per heavy atom. The van der Waals surface area contributed by atoms with Crippen LogP contribution in [0.25, 0.3) is 0 Å². The number of anilines is 2. The molecule has 0 spiro atoms. The minimum absolute atomic E-state index is 0.0148. The van der Waals surface area contributed by atoms with Gasteiger partial charge in [0.05, 0.1) is 4.90 Å². The van der Waals surface area contributed by atoms with Gasteiger partial charge in [0.15, 0.2) is 0 Å². The van der Waals surface area contributed by atoms with Gasteiger partial charge in [0.25, 0.3) is 5.91 Å². The average Bonchev–Trinajstić information content (AvgIpc) is 2.60. The molecule has 8 heteroatoms. The van der Waals surface area contributed by atoms with Crippen molar-refractivity contribution >= 4 is 33.2 Å². The highest BCUT2D eigenvalue weighted by Crippen LogP contribution is 2.17. The lowest BCUT2D eigenvalue weighted by atomic mass is 10.2. The molecule has 0 radical (unpaired) electrons. The maximum atomic E-state index is 12.4. The van der Waals surface area contributed by atoms with Gasteiger partial charge in [-0.2, -0.15) is 0 Å². The van der Waals surface area contributed by atoms with Gasteiger partial charge in [-0.1, -0.05) is 18.2 Å². The van der Waals surface area contributed by atoms with Gasteiger partial charge < -0.3 is 10.6 Å². The SMILES string of the molecule is C=CCNS(=O)(=O)c1cccc(C(=O)Nc2cccc(NC(C)=O)c2)c1. The molecule has 2 amide bonds. The normalized spacial score (nSPS) is 10.8. The number of hydrogen-bond donors (Lipinski definition) is 3. The number of rotatable bonds is 7. The summed E-state index contributed by atoms with van der Waals surface area (Å²) in [5, 5.41) is 5.29. The van der Waals surface area contributed by atoms with Crippen LogP contribution in [0.5, 0.6) is 0 Å². The molecular formula is C18H19N3O4S. The molecule has 0 aliphatic rings. The Labute approximate surface area is 152 Å². The van der Waals surface area contributed by atoms with Gasteiger partial charge in [-0.25, -0.2) is 13.1 Å². The zero-order valence-corrected chi connectivity index (χ0v) is 15.0. The van der Waals surface area contributed by atoms with E-state index in [0.717, 1.165) is 0 Å². The molecule has 136 valence electrons. The first kappa shape index (κ1) is 19.4. The third-order valence-electron chi connectivity index (χ3n) is 3.27. The van der Waals surface area contributed by atoms with E-state index in [2.05, 4.69) is 21.9 Å². The van der Waals surface area contributed by atoms with Crippen LogP contribution in [0.1, 0.15) is 17.3 Å². The summed E-state index contributed by atoms with van der Waals surface area (Å²) in [6, 6.07) is 12.3. The molecule has 0 aliphatic heterocycles. The highest BCUT2D eigenvalue weighted by atomic mass is 32.2. The maximum absolute atomic E-state index is 12.4. The van der Waals surface area contributed by atoms with E-state index in [-0.39, 0.29) is 22.9 Å². The fourth-order valence-electron chi connectivity index (χ4n) is 2.14. The average molecular weight is 373 g/mol. The first-order valence-corrected chi connectivity index (χ1v) is 9.20. The van der Waals surface area contributed by atoms with Crippen LogP contribution >= 0.6 is 0 Å². The van der Waals surface area contributed by atoms with Gasteiger partial charge in [0.1, 0.15) is 0 Å². The quantitative estimate of drug-likeness (QED) is 0.648. The van der Waals surface area contributed by atoms with Gasteiger partial charge in [-0.05, 0) is 36.4 Å². The summed E-state index contributed by atoms with van der Waals surface area (Å²) < 4.78 is 26.6. The Bertz CT molecular complexity index is 939. The molecule has 0 fully saturated rings. The lowest BCUT2D eigenvalue weighted by Crippen LogP contribution is -2.24. The van der Waals surface area contributed by atoms with E-state index in [1.165, 1.54) is 37.3 Å². The molecule has 0 saturated carbocycles. The second kappa shape index (κ2) is 8.41. The van der Waals surface area contributed by atoms with Gasteiger partial charge in [0.2, 0.25) is 15.9 Å². The van der Waals surface area contributed by atoms with Crippen LogP contribution in [0.4, 0.5) is 11.4 Å². The molecule has 0 aromatic heterocycles. The van der Waals surface area contributed by atoms with E-state index in [0.29, 0.717) is 11.4 Å². The molecule has 2 aromatic carbocycles. The minimum atomic E-state index is -3.72. The Morgan fingerprint density at radius 1 is 1.04 bits per heavy atom. The van der Waals surface area contributed by atoms with Gasteiger partial charge in [-0.15, -0.1) is 6.58 Å². The summed E-state index contributed by atoms with van der Waals surface area (Å²) in [4.78, 5) is 23.5. The molecule has 0 aliphatic carbocycles. The second-order valence-electron chi connectivity index (χ2n) is 5.38. The Morgan fingerprint density at radius 3 is 2.35 bits per heavy atom. The van der Waals surface area contributed by atoms with E-state index in [9.17, 15) is 18.0 Å². The lowest BCUT2D eigenvalue weighted by molar-refractivity contribution is -0.114. The summed E-state index contributed by atoms with van der Waals surface area (Å²) in [6.45, 7) is 4.94. The fourth-order valence-corrected chi connectivity index (χ4v) is 3.18. The summed E-state index contributed by atoms with van der Waals surface area (Å²) in [5.74, 6) is -0.691. The Kier molecular flexibility index (Phi) is 6.26. The highest BCUT2D eigenvalue weighted by molar-refractivity contribution is 7.89. The number of carbonyl (C=O) groups is 2. The van der Waals surface area contributed by atoms with Crippen LogP contribution < -0.4 is 15.4 Å². The van der Waals surface area contributed by atoms with E-state index in [4.69, 9.17) is 0 Å². The Hall–Kier alpha value is -2.97. The van der Waals surface area contributed by atoms with Crippen molar-refractivity contribution in [3.8, 4) is 0 Å². The molecule has 26 heavy (non-hydrogen) atoms. The number of sulfonamides is 1. The highest BCUT2D eigenvalue weighted by Gasteiger charge is 2.15. The molecule has 2 rings (SSSR count). The van der Waals surface area contributed by atoms with Crippen molar-refractivity contribution in [2.75, 3.05) is 17.2 Å². The molecular weight excluding hydrogens is 354 g/mol. The molecule has 0 bridgehead atoms. The molecule has 0 atom stereocenters. The Balaban J connectivity index is 2.19. The van der Waals surface area contributed by atoms with Gasteiger partial charge in [-0.3, -0.25) is 9.59 Å². The smallest absolute Gasteiger partial charge is 0.255 e. The maximum Gasteiger partial charge on any atom is 0.255 e. The zero-order valence-electron chi connectivity index (χ0n) is 14.2. The summed E-state index contributed by atoms with van der Waals surface area (Å²) >= 11 is 0. The summed E-state index contributed by atoms with van der Waals surface area (Å²) in [7, 11) is -3.72. The monoisotopic (exact) mass is 373 g/mol. The van der Waals surface area contributed by atoms with E-state index >= 15 is 0 Å². The molecule has 7 nitrogen and oxygen atoms in total. The van der Waals surface area contributed by atoms with Crippen molar-refractivity contribution in [3.63, 3.8) is 0 Å². The number of nitrogens with one attached hydrogen (secondary N) is 3. The van der Waals surface area contributed by atoms with Crippen LogP contribution in [0.3, 0.4) is 0 Å². The fraction of sp³-hybridized carbons (Fsp3) is 0.111. The molecule has 0 heterocycles. The van der Waals surface area contributed by atoms with Crippen molar-refractivity contribution < 1.29 is 18.0 Å². The first-order chi connectivity index (χ1) is 12.3. The van der Waals surface area contributed by atoms with E-state index in [1.807, 2.05) is 0 Å². The number of amides is 2. The third-order valence-corrected chi connectivity index (χ3v) is 4.69. The van der Waals surface area contributed by atoms with Crippen LogP contribution in [-0.2, 0) is 14.8 Å². The standard InChI is InChI=1S/C18H19N3O4S/c1-3-10-19-26(24,25)17-9-4-6-14(11-17)18(23)21-16-8-5-7-15(12-16)20-13(2)22/h3-9,11-12,19H,1,10H2,2H3,(H,20,22)(H,21,23). The van der Waals surface area contributed by atoms with E-state index in [1.54, 1.807) is 24.3 Å². The number of hydrogen-bond acceptors (Lipinski definition) is 4. The summed E-state index contributed by atoms with van der Waals surface area (Å²) in [5.41, 5.74) is 1.20.